The summed E-state index contributed by atoms with van der Waals surface area (Å²) in [6.07, 6.45) is 7.20. The summed E-state index contributed by atoms with van der Waals surface area (Å²) in [5.41, 5.74) is 8.18. The lowest BCUT2D eigenvalue weighted by atomic mass is 10.2. The molecule has 0 aliphatic carbocycles. The average Bonchev–Trinajstić information content (AvgIpc) is 2.82. The Morgan fingerprint density at radius 1 is 1.40 bits per heavy atom. The van der Waals surface area contributed by atoms with Crippen LogP contribution in [0.4, 0.5) is 5.69 Å². The molecule has 0 spiro atoms. The van der Waals surface area contributed by atoms with Crippen LogP contribution in [0.15, 0.2) is 12.4 Å². The van der Waals surface area contributed by atoms with Gasteiger partial charge in [-0.15, -0.1) is 0 Å². The van der Waals surface area contributed by atoms with E-state index < -0.39 is 0 Å². The summed E-state index contributed by atoms with van der Waals surface area (Å²) in [7, 11) is 0. The van der Waals surface area contributed by atoms with E-state index in [1.54, 1.807) is 6.20 Å². The number of aromatic amines is 1. The number of aromatic nitrogens is 4. The first kappa shape index (κ1) is 8.52. The highest BCUT2D eigenvalue weighted by Gasteiger charge is 2.15. The monoisotopic (exact) mass is 203 g/mol. The minimum atomic E-state index is 0.658. The minimum absolute atomic E-state index is 0.658. The summed E-state index contributed by atoms with van der Waals surface area (Å²) in [6, 6.07) is 0. The summed E-state index contributed by atoms with van der Waals surface area (Å²) in [4.78, 5) is 4.57. The van der Waals surface area contributed by atoms with Gasteiger partial charge >= 0.3 is 0 Å². The molecular formula is C10H13N5. The van der Waals surface area contributed by atoms with Crippen LogP contribution in [0.3, 0.4) is 0 Å². The molecule has 2 aromatic heterocycles. The number of nitrogen functional groups attached to an aromatic ring is 1. The molecule has 78 valence electrons. The van der Waals surface area contributed by atoms with Crippen LogP contribution >= 0.6 is 0 Å². The zero-order valence-electron chi connectivity index (χ0n) is 8.40. The third-order valence-electron chi connectivity index (χ3n) is 2.83. The van der Waals surface area contributed by atoms with E-state index in [4.69, 9.17) is 5.73 Å². The van der Waals surface area contributed by atoms with Crippen molar-refractivity contribution in [1.82, 2.24) is 19.7 Å². The van der Waals surface area contributed by atoms with Crippen molar-refractivity contribution >= 4 is 5.69 Å². The number of nitrogens with one attached hydrogen (secondary N) is 1. The molecule has 0 bridgehead atoms. The van der Waals surface area contributed by atoms with E-state index >= 15 is 0 Å². The van der Waals surface area contributed by atoms with Gasteiger partial charge in [-0.05, 0) is 12.8 Å². The number of anilines is 1. The number of H-pyrrole nitrogens is 1. The van der Waals surface area contributed by atoms with Gasteiger partial charge in [0.05, 0.1) is 11.9 Å². The molecule has 0 aromatic carbocycles. The molecule has 1 aliphatic heterocycles. The highest BCUT2D eigenvalue weighted by Crippen LogP contribution is 2.24. The van der Waals surface area contributed by atoms with Crippen LogP contribution in [0.25, 0.3) is 11.4 Å². The molecule has 0 saturated heterocycles. The Morgan fingerprint density at radius 2 is 2.33 bits per heavy atom. The van der Waals surface area contributed by atoms with Gasteiger partial charge in [0.15, 0.2) is 0 Å². The maximum Gasteiger partial charge on any atom is 0.109 e. The number of rotatable bonds is 1. The predicted molar refractivity (Wildman–Crippen MR) is 57.2 cm³/mol. The summed E-state index contributed by atoms with van der Waals surface area (Å²) in [5.74, 6) is 1.16. The third kappa shape index (κ3) is 1.31. The first-order valence-corrected chi connectivity index (χ1v) is 5.20. The van der Waals surface area contributed by atoms with Crippen molar-refractivity contribution in [1.29, 1.82) is 0 Å². The van der Waals surface area contributed by atoms with Crippen molar-refractivity contribution in [3.63, 3.8) is 0 Å². The smallest absolute Gasteiger partial charge is 0.109 e. The Balaban J connectivity index is 2.06. The van der Waals surface area contributed by atoms with Gasteiger partial charge in [0.2, 0.25) is 0 Å². The van der Waals surface area contributed by atoms with Gasteiger partial charge in [-0.2, -0.15) is 5.10 Å². The summed E-state index contributed by atoms with van der Waals surface area (Å²) >= 11 is 0. The zero-order valence-corrected chi connectivity index (χ0v) is 8.40. The fraction of sp³-hybridized carbons (Fsp3) is 0.400. The second-order valence-corrected chi connectivity index (χ2v) is 3.89. The molecule has 0 radical (unpaired) electrons. The third-order valence-corrected chi connectivity index (χ3v) is 2.83. The molecule has 0 amide bonds. The predicted octanol–water partition coefficient (Wildman–Crippen LogP) is 1.19. The maximum atomic E-state index is 5.79. The van der Waals surface area contributed by atoms with Gasteiger partial charge in [0.1, 0.15) is 17.2 Å². The fourth-order valence-electron chi connectivity index (χ4n) is 2.03. The van der Waals surface area contributed by atoms with Crippen LogP contribution in [0.1, 0.15) is 18.7 Å². The number of aryl methyl sites for hydroxylation is 2. The van der Waals surface area contributed by atoms with E-state index in [2.05, 4.69) is 25.9 Å². The molecule has 0 unspecified atom stereocenters. The Hall–Kier alpha value is -1.78. The molecule has 5 nitrogen and oxygen atoms in total. The quantitative estimate of drug-likeness (QED) is 0.731. The normalized spacial score (nSPS) is 15.2. The van der Waals surface area contributed by atoms with Gasteiger partial charge in [0.25, 0.3) is 0 Å². The molecule has 0 atom stereocenters. The van der Waals surface area contributed by atoms with Crippen LogP contribution < -0.4 is 5.73 Å². The maximum absolute atomic E-state index is 5.79. The first-order chi connectivity index (χ1) is 7.34. The van der Waals surface area contributed by atoms with Gasteiger partial charge in [-0.3, -0.25) is 5.10 Å². The topological polar surface area (TPSA) is 72.5 Å². The largest absolute Gasteiger partial charge is 0.396 e. The lowest BCUT2D eigenvalue weighted by Gasteiger charge is -2.11. The zero-order chi connectivity index (χ0) is 10.3. The summed E-state index contributed by atoms with van der Waals surface area (Å²) in [5, 5.41) is 6.79. The molecule has 1 aliphatic rings. The van der Waals surface area contributed by atoms with Crippen molar-refractivity contribution < 1.29 is 0 Å². The highest BCUT2D eigenvalue weighted by atomic mass is 15.1. The van der Waals surface area contributed by atoms with Gasteiger partial charge in [0, 0.05) is 19.2 Å². The lowest BCUT2D eigenvalue weighted by molar-refractivity contribution is 0.522. The van der Waals surface area contributed by atoms with E-state index in [9.17, 15) is 0 Å². The van der Waals surface area contributed by atoms with Crippen LogP contribution in [0.5, 0.6) is 0 Å². The van der Waals surface area contributed by atoms with Gasteiger partial charge < -0.3 is 10.3 Å². The molecule has 15 heavy (non-hydrogen) atoms. The van der Waals surface area contributed by atoms with Crippen molar-refractivity contribution in [2.75, 3.05) is 5.73 Å². The highest BCUT2D eigenvalue weighted by molar-refractivity contribution is 5.68. The van der Waals surface area contributed by atoms with Crippen LogP contribution in [0.2, 0.25) is 0 Å². The Labute approximate surface area is 87.3 Å². The molecule has 3 heterocycles. The molecule has 0 saturated carbocycles. The number of hydrogen-bond donors (Lipinski definition) is 2. The second-order valence-electron chi connectivity index (χ2n) is 3.89. The number of fused-ring (bicyclic) bond motifs is 1. The number of nitrogens with two attached hydrogens (primary N) is 1. The van der Waals surface area contributed by atoms with Crippen molar-refractivity contribution in [3.05, 3.63) is 18.2 Å². The van der Waals surface area contributed by atoms with Crippen LogP contribution in [-0.2, 0) is 13.0 Å². The van der Waals surface area contributed by atoms with Crippen molar-refractivity contribution in [2.45, 2.75) is 25.8 Å². The first-order valence-electron chi connectivity index (χ1n) is 5.20. The Morgan fingerprint density at radius 3 is 3.07 bits per heavy atom. The summed E-state index contributed by atoms with van der Waals surface area (Å²) < 4.78 is 2.21. The van der Waals surface area contributed by atoms with Crippen LogP contribution in [-0.4, -0.2) is 19.7 Å². The SMILES string of the molecule is Nc1cn[nH]c1-c1cn2c(n1)CCCC2. The Kier molecular flexibility index (Phi) is 1.77. The fourth-order valence-corrected chi connectivity index (χ4v) is 2.03. The van der Waals surface area contributed by atoms with E-state index in [0.717, 1.165) is 30.2 Å². The number of hydrogen-bond acceptors (Lipinski definition) is 3. The number of imidazole rings is 1. The molecule has 2 aromatic rings. The summed E-state index contributed by atoms with van der Waals surface area (Å²) in [6.45, 7) is 1.07. The van der Waals surface area contributed by atoms with Gasteiger partial charge in [-0.1, -0.05) is 0 Å². The van der Waals surface area contributed by atoms with Gasteiger partial charge in [-0.25, -0.2) is 4.98 Å². The van der Waals surface area contributed by atoms with E-state index in [1.807, 2.05) is 0 Å². The number of nitrogens with zero attached hydrogens (tertiary/aromatic N) is 3. The van der Waals surface area contributed by atoms with E-state index in [1.165, 1.54) is 12.8 Å². The van der Waals surface area contributed by atoms with Crippen molar-refractivity contribution in [3.8, 4) is 11.4 Å². The van der Waals surface area contributed by atoms with Crippen LogP contribution in [0, 0.1) is 0 Å². The Bertz CT molecular complexity index is 458. The van der Waals surface area contributed by atoms with E-state index in [-0.39, 0.29) is 0 Å². The molecule has 3 N–H and O–H groups in total. The lowest BCUT2D eigenvalue weighted by Crippen LogP contribution is -2.08. The average molecular weight is 203 g/mol. The molecule has 0 fully saturated rings. The second kappa shape index (κ2) is 3.12. The molecule has 5 heteroatoms. The minimum Gasteiger partial charge on any atom is -0.396 e. The standard InChI is InChI=1S/C10H13N5/c11-7-5-12-14-10(7)8-6-15-4-2-1-3-9(15)13-8/h5-6H,1-4,11H2,(H,12,14). The van der Waals surface area contributed by atoms with Crippen molar-refractivity contribution in [2.24, 2.45) is 0 Å². The van der Waals surface area contributed by atoms with E-state index in [0.29, 0.717) is 5.69 Å². The molecule has 3 rings (SSSR count). The molecular weight excluding hydrogens is 190 g/mol.